The van der Waals surface area contributed by atoms with Crippen molar-refractivity contribution in [2.75, 3.05) is 0 Å². The normalized spacial score (nSPS) is 11.2. The van der Waals surface area contributed by atoms with E-state index in [2.05, 4.69) is 41.9 Å². The van der Waals surface area contributed by atoms with E-state index in [0.29, 0.717) is 12.3 Å². The van der Waals surface area contributed by atoms with Gasteiger partial charge in [-0.3, -0.25) is 9.78 Å². The molecular weight excluding hydrogens is 362 g/mol. The average Bonchev–Trinajstić information content (AvgIpc) is 2.54. The topological polar surface area (TPSA) is 30.0 Å². The third-order valence-corrected chi connectivity index (χ3v) is 4.72. The molecule has 0 saturated heterocycles. The minimum atomic E-state index is 0.163. The number of hydrogen-bond donors (Lipinski definition) is 0. The van der Waals surface area contributed by atoms with E-state index in [1.54, 1.807) is 0 Å². The number of carbonyl (C=O) groups is 1. The lowest BCUT2D eigenvalue weighted by atomic mass is 9.89. The fourth-order valence-electron chi connectivity index (χ4n) is 3.09. The van der Waals surface area contributed by atoms with Crippen LogP contribution in [0.2, 0.25) is 0 Å². The molecule has 2 nitrogen and oxygen atoms in total. The van der Waals surface area contributed by atoms with E-state index >= 15 is 0 Å². The Labute approximate surface area is 151 Å². The predicted octanol–water partition coefficient (Wildman–Crippen LogP) is 6.20. The summed E-state index contributed by atoms with van der Waals surface area (Å²) >= 11 is 3.59. The Hall–Kier alpha value is -2.00. The number of ketones is 1. The number of halogens is 1. The molecule has 0 bridgehead atoms. The quantitative estimate of drug-likeness (QED) is 0.503. The van der Waals surface area contributed by atoms with Crippen LogP contribution in [0.4, 0.5) is 0 Å². The summed E-state index contributed by atoms with van der Waals surface area (Å²) in [7, 11) is 0. The minimum Gasteiger partial charge on any atom is -0.294 e. The second-order valence-corrected chi connectivity index (χ2v) is 7.32. The van der Waals surface area contributed by atoms with Crippen molar-refractivity contribution in [2.24, 2.45) is 5.92 Å². The van der Waals surface area contributed by atoms with E-state index in [0.717, 1.165) is 37.8 Å². The number of para-hydroxylation sites is 1. The van der Waals surface area contributed by atoms with E-state index < -0.39 is 0 Å². The summed E-state index contributed by atoms with van der Waals surface area (Å²) in [4.78, 5) is 17.7. The van der Waals surface area contributed by atoms with Gasteiger partial charge in [-0.05, 0) is 40.4 Å². The van der Waals surface area contributed by atoms with Crippen molar-refractivity contribution >= 4 is 32.6 Å². The molecule has 3 heteroatoms. The number of pyridine rings is 1. The van der Waals surface area contributed by atoms with E-state index in [1.807, 2.05) is 43.3 Å². The summed E-state index contributed by atoms with van der Waals surface area (Å²) in [5.74, 6) is 0.481. The van der Waals surface area contributed by atoms with Crippen LogP contribution in [0.5, 0.6) is 0 Å². The third kappa shape index (κ3) is 3.13. The molecule has 3 rings (SSSR count). The lowest BCUT2D eigenvalue weighted by Crippen LogP contribution is -2.10. The standard InChI is InChI=1S/C21H20BrNO/c1-13(2)12-18(24)19-14(3)23-21-16(10-7-11-17(21)22)20(19)15-8-5-4-6-9-15/h4-11,13H,12H2,1-3H3. The van der Waals surface area contributed by atoms with Crippen LogP contribution in [0.1, 0.15) is 36.3 Å². The highest BCUT2D eigenvalue weighted by atomic mass is 79.9. The minimum absolute atomic E-state index is 0.163. The molecule has 24 heavy (non-hydrogen) atoms. The lowest BCUT2D eigenvalue weighted by molar-refractivity contribution is 0.0967. The molecular formula is C21H20BrNO. The summed E-state index contributed by atoms with van der Waals surface area (Å²) in [6.07, 6.45) is 0.530. The highest BCUT2D eigenvalue weighted by Crippen LogP contribution is 2.36. The summed E-state index contributed by atoms with van der Waals surface area (Å²) in [6.45, 7) is 6.07. The van der Waals surface area contributed by atoms with Crippen molar-refractivity contribution in [2.45, 2.75) is 27.2 Å². The molecule has 3 aromatic rings. The number of aryl methyl sites for hydroxylation is 1. The second-order valence-electron chi connectivity index (χ2n) is 6.47. The van der Waals surface area contributed by atoms with Crippen LogP contribution in [0.15, 0.2) is 53.0 Å². The van der Waals surface area contributed by atoms with Crippen LogP contribution >= 0.6 is 15.9 Å². The Kier molecular flexibility index (Phi) is 4.81. The first-order valence-electron chi connectivity index (χ1n) is 8.16. The Bertz CT molecular complexity index is 901. The fourth-order valence-corrected chi connectivity index (χ4v) is 3.54. The van der Waals surface area contributed by atoms with Crippen LogP contribution in [0.25, 0.3) is 22.0 Å². The van der Waals surface area contributed by atoms with Gasteiger partial charge < -0.3 is 0 Å². The molecule has 0 unspecified atom stereocenters. The average molecular weight is 382 g/mol. The molecule has 0 aliphatic carbocycles. The molecule has 0 radical (unpaired) electrons. The van der Waals surface area contributed by atoms with Gasteiger partial charge in [0.05, 0.1) is 5.52 Å². The number of carbonyl (C=O) groups excluding carboxylic acids is 1. The molecule has 0 amide bonds. The first kappa shape index (κ1) is 16.8. The summed E-state index contributed by atoms with van der Waals surface area (Å²) in [5, 5.41) is 1.01. The van der Waals surface area contributed by atoms with Crippen molar-refractivity contribution in [3.8, 4) is 11.1 Å². The Morgan fingerprint density at radius 1 is 1.08 bits per heavy atom. The van der Waals surface area contributed by atoms with Crippen LogP contribution in [0, 0.1) is 12.8 Å². The molecule has 122 valence electrons. The maximum atomic E-state index is 12.9. The maximum absolute atomic E-state index is 12.9. The third-order valence-electron chi connectivity index (χ3n) is 4.08. The lowest BCUT2D eigenvalue weighted by Gasteiger charge is -2.16. The highest BCUT2D eigenvalue weighted by Gasteiger charge is 2.21. The number of rotatable bonds is 4. The Morgan fingerprint density at radius 2 is 1.79 bits per heavy atom. The van der Waals surface area contributed by atoms with Gasteiger partial charge in [-0.1, -0.05) is 56.3 Å². The molecule has 0 saturated carbocycles. The van der Waals surface area contributed by atoms with E-state index in [1.165, 1.54) is 0 Å². The molecule has 1 heterocycles. The zero-order chi connectivity index (χ0) is 17.3. The molecule has 2 aromatic carbocycles. The van der Waals surface area contributed by atoms with Crippen LogP contribution < -0.4 is 0 Å². The van der Waals surface area contributed by atoms with E-state index in [-0.39, 0.29) is 5.78 Å². The number of hydrogen-bond acceptors (Lipinski definition) is 2. The number of Topliss-reactive ketones (excluding diaryl/α,β-unsaturated/α-hetero) is 1. The van der Waals surface area contributed by atoms with Crippen molar-refractivity contribution < 1.29 is 4.79 Å². The van der Waals surface area contributed by atoms with Gasteiger partial charge in [0, 0.05) is 33.1 Å². The zero-order valence-corrected chi connectivity index (χ0v) is 15.7. The van der Waals surface area contributed by atoms with Gasteiger partial charge in [-0.25, -0.2) is 0 Å². The molecule has 0 atom stereocenters. The van der Waals surface area contributed by atoms with Crippen molar-refractivity contribution in [1.82, 2.24) is 4.98 Å². The smallest absolute Gasteiger partial charge is 0.165 e. The Morgan fingerprint density at radius 3 is 2.46 bits per heavy atom. The number of benzene rings is 2. The molecule has 0 aliphatic rings. The number of nitrogens with zero attached hydrogens (tertiary/aromatic N) is 1. The summed E-state index contributed by atoms with van der Waals surface area (Å²) in [6, 6.07) is 16.1. The molecule has 1 aromatic heterocycles. The van der Waals surface area contributed by atoms with Gasteiger partial charge in [-0.15, -0.1) is 0 Å². The van der Waals surface area contributed by atoms with E-state index in [4.69, 9.17) is 4.98 Å². The first-order valence-corrected chi connectivity index (χ1v) is 8.95. The molecule has 0 fully saturated rings. The van der Waals surface area contributed by atoms with E-state index in [9.17, 15) is 4.79 Å². The van der Waals surface area contributed by atoms with Gasteiger partial charge in [0.25, 0.3) is 0 Å². The van der Waals surface area contributed by atoms with Crippen LogP contribution in [-0.4, -0.2) is 10.8 Å². The first-order chi connectivity index (χ1) is 11.5. The Balaban J connectivity index is 2.38. The maximum Gasteiger partial charge on any atom is 0.165 e. The summed E-state index contributed by atoms with van der Waals surface area (Å²) < 4.78 is 0.947. The summed E-state index contributed by atoms with van der Waals surface area (Å²) in [5.41, 5.74) is 4.48. The molecule has 0 N–H and O–H groups in total. The van der Waals surface area contributed by atoms with Crippen LogP contribution in [0.3, 0.4) is 0 Å². The second kappa shape index (κ2) is 6.86. The zero-order valence-electron chi connectivity index (χ0n) is 14.1. The number of aromatic nitrogens is 1. The monoisotopic (exact) mass is 381 g/mol. The van der Waals surface area contributed by atoms with Gasteiger partial charge in [0.15, 0.2) is 5.78 Å². The molecule has 0 aliphatic heterocycles. The SMILES string of the molecule is Cc1nc2c(Br)cccc2c(-c2ccccc2)c1C(=O)CC(C)C. The number of fused-ring (bicyclic) bond motifs is 1. The highest BCUT2D eigenvalue weighted by molar-refractivity contribution is 9.10. The van der Waals surface area contributed by atoms with Gasteiger partial charge in [0.2, 0.25) is 0 Å². The fraction of sp³-hybridized carbons (Fsp3) is 0.238. The van der Waals surface area contributed by atoms with Crippen molar-refractivity contribution in [3.05, 3.63) is 64.3 Å². The van der Waals surface area contributed by atoms with Crippen LogP contribution in [-0.2, 0) is 0 Å². The van der Waals surface area contributed by atoms with Gasteiger partial charge in [-0.2, -0.15) is 0 Å². The van der Waals surface area contributed by atoms with Gasteiger partial charge >= 0.3 is 0 Å². The van der Waals surface area contributed by atoms with Crippen molar-refractivity contribution in [3.63, 3.8) is 0 Å². The van der Waals surface area contributed by atoms with Gasteiger partial charge in [0.1, 0.15) is 0 Å². The van der Waals surface area contributed by atoms with Crippen molar-refractivity contribution in [1.29, 1.82) is 0 Å². The molecule has 0 spiro atoms. The largest absolute Gasteiger partial charge is 0.294 e. The predicted molar refractivity (Wildman–Crippen MR) is 103 cm³/mol.